The van der Waals surface area contributed by atoms with Crippen molar-refractivity contribution in [3.8, 4) is 44.5 Å². The molecule has 0 fully saturated rings. The minimum absolute atomic E-state index is 0.795. The summed E-state index contributed by atoms with van der Waals surface area (Å²) >= 11 is 0. The molecule has 422 valence electrons. The zero-order valence-corrected chi connectivity index (χ0v) is 49.8. The van der Waals surface area contributed by atoms with E-state index in [2.05, 4.69) is 325 Å². The van der Waals surface area contributed by atoms with Crippen LogP contribution in [0.4, 0.5) is 34.1 Å². The molecular formula is C84H54N2O3Si. The molecule has 0 saturated carbocycles. The van der Waals surface area contributed by atoms with E-state index in [1.165, 1.54) is 43.0 Å². The van der Waals surface area contributed by atoms with Gasteiger partial charge in [-0.05, 0) is 156 Å². The predicted octanol–water partition coefficient (Wildman–Crippen LogP) is 20.7. The predicted molar refractivity (Wildman–Crippen MR) is 377 cm³/mol. The zero-order chi connectivity index (χ0) is 59.3. The molecule has 18 rings (SSSR count). The largest absolute Gasteiger partial charge is 0.456 e. The summed E-state index contributed by atoms with van der Waals surface area (Å²) < 4.78 is 21.0. The molecule has 1 aliphatic rings. The molecule has 0 bridgehead atoms. The van der Waals surface area contributed by atoms with Crippen molar-refractivity contribution >= 4 is 129 Å². The van der Waals surface area contributed by atoms with Gasteiger partial charge in [0.2, 0.25) is 0 Å². The smallest absolute Gasteiger partial charge is 0.184 e. The van der Waals surface area contributed by atoms with Crippen molar-refractivity contribution in [2.24, 2.45) is 0 Å². The molecule has 0 aliphatic carbocycles. The summed E-state index contributed by atoms with van der Waals surface area (Å²) in [5.74, 6) is 0. The molecule has 90 heavy (non-hydrogen) atoms. The Labute approximate surface area is 520 Å². The lowest BCUT2D eigenvalue weighted by Crippen LogP contribution is -2.77. The highest BCUT2D eigenvalue weighted by Gasteiger charge is 2.50. The maximum atomic E-state index is 7.37. The molecule has 0 spiro atoms. The standard InChI is InChI=1S/C84H54N2O3Si/c1-4-16-55(17-5-1)57-28-32-59(33-29-57)61-36-40-64(41-37-61)85(65-42-38-62(39-43-65)60-34-30-58(31-35-60)56-18-6-2-7-19-56)66-44-47-73-74-53-76-84(54-82(74)89-79(73)50-66)90(67-45-48-71-69-22-10-13-25-77(69)87-80(71)51-67,68-46-49-72-70-23-11-14-26-78(70)88-81(72)52-68)83-27-15-12-24-75(83)86(76)63-20-8-3-9-21-63/h1-54H. The topological polar surface area (TPSA) is 45.9 Å². The highest BCUT2D eigenvalue weighted by molar-refractivity contribution is 7.21. The SMILES string of the molecule is c1ccc(-c2ccc(-c3ccc(N(c4ccc(-c5ccc(-c6ccccc6)cc5)cc4)c4ccc5c(c4)oc4cc6c(cc45)N(c4ccccc4)c4ccccc4[Si]6(c4ccc5c(c4)oc4ccccc45)c4ccc5c(c4)oc4ccccc45)cc3)cc2)cc1. The van der Waals surface area contributed by atoms with E-state index in [0.717, 1.165) is 122 Å². The van der Waals surface area contributed by atoms with E-state index in [1.54, 1.807) is 0 Å². The minimum Gasteiger partial charge on any atom is -0.456 e. The molecule has 17 aromatic rings. The van der Waals surface area contributed by atoms with Crippen molar-refractivity contribution in [3.63, 3.8) is 0 Å². The average molecular weight is 1170 g/mol. The van der Waals surface area contributed by atoms with E-state index < -0.39 is 8.07 Å². The summed E-state index contributed by atoms with van der Waals surface area (Å²) in [5, 5.41) is 11.3. The maximum absolute atomic E-state index is 7.37. The number of hydrogen-bond acceptors (Lipinski definition) is 5. The van der Waals surface area contributed by atoms with E-state index >= 15 is 0 Å². The van der Waals surface area contributed by atoms with Gasteiger partial charge in [-0.3, -0.25) is 0 Å². The van der Waals surface area contributed by atoms with Crippen LogP contribution in [-0.2, 0) is 0 Å². The van der Waals surface area contributed by atoms with E-state index in [4.69, 9.17) is 13.3 Å². The van der Waals surface area contributed by atoms with Crippen LogP contribution in [0, 0.1) is 0 Å². The zero-order valence-electron chi connectivity index (χ0n) is 48.8. The first kappa shape index (κ1) is 51.5. The molecule has 0 N–H and O–H groups in total. The molecule has 5 nitrogen and oxygen atoms in total. The van der Waals surface area contributed by atoms with Gasteiger partial charge in [0.1, 0.15) is 33.5 Å². The number of benzene rings is 14. The molecule has 0 atom stereocenters. The molecule has 14 aromatic carbocycles. The molecular weight excluding hydrogens is 1110 g/mol. The van der Waals surface area contributed by atoms with Gasteiger partial charge in [0.05, 0.1) is 0 Å². The van der Waals surface area contributed by atoms with Crippen LogP contribution in [0.1, 0.15) is 0 Å². The van der Waals surface area contributed by atoms with E-state index in [0.29, 0.717) is 0 Å². The van der Waals surface area contributed by atoms with Crippen molar-refractivity contribution in [2.75, 3.05) is 9.80 Å². The lowest BCUT2D eigenvalue weighted by molar-refractivity contribution is 0.669. The van der Waals surface area contributed by atoms with E-state index in [9.17, 15) is 0 Å². The third-order valence-electron chi connectivity index (χ3n) is 18.6. The molecule has 1 aliphatic heterocycles. The number of fused-ring (bicyclic) bond motifs is 11. The van der Waals surface area contributed by atoms with E-state index in [1.807, 2.05) is 12.1 Å². The summed E-state index contributed by atoms with van der Waals surface area (Å²) in [6.45, 7) is 0. The number of furan rings is 3. The summed E-state index contributed by atoms with van der Waals surface area (Å²) in [5.41, 5.74) is 20.8. The van der Waals surface area contributed by atoms with Gasteiger partial charge in [0, 0.05) is 72.5 Å². The number of hydrogen-bond donors (Lipinski definition) is 0. The Bertz CT molecular complexity index is 5340. The Hall–Kier alpha value is -11.7. The fraction of sp³-hybridized carbons (Fsp3) is 0. The van der Waals surface area contributed by atoms with Gasteiger partial charge in [-0.2, -0.15) is 0 Å². The van der Waals surface area contributed by atoms with Gasteiger partial charge in [-0.1, -0.05) is 231 Å². The normalized spacial score (nSPS) is 12.7. The van der Waals surface area contributed by atoms with Gasteiger partial charge < -0.3 is 23.1 Å². The Morgan fingerprint density at radius 1 is 0.233 bits per heavy atom. The Kier molecular flexibility index (Phi) is 11.9. The minimum atomic E-state index is -3.39. The van der Waals surface area contributed by atoms with Crippen LogP contribution < -0.4 is 30.5 Å². The highest BCUT2D eigenvalue weighted by atomic mass is 28.3. The fourth-order valence-electron chi connectivity index (χ4n) is 14.3. The maximum Gasteiger partial charge on any atom is 0.184 e. The third kappa shape index (κ3) is 8.30. The summed E-state index contributed by atoms with van der Waals surface area (Å²) in [4.78, 5) is 4.81. The van der Waals surface area contributed by atoms with Crippen molar-refractivity contribution in [3.05, 3.63) is 328 Å². The van der Waals surface area contributed by atoms with Gasteiger partial charge in [0.15, 0.2) is 8.07 Å². The average Bonchev–Trinajstić information content (AvgIpc) is 0.948. The Morgan fingerprint density at radius 2 is 0.600 bits per heavy atom. The highest BCUT2D eigenvalue weighted by Crippen LogP contribution is 2.45. The van der Waals surface area contributed by atoms with Crippen molar-refractivity contribution in [1.29, 1.82) is 0 Å². The Morgan fingerprint density at radius 3 is 1.12 bits per heavy atom. The fourth-order valence-corrected chi connectivity index (χ4v) is 19.3. The molecule has 0 saturated heterocycles. The van der Waals surface area contributed by atoms with Crippen LogP contribution in [-0.4, -0.2) is 8.07 Å². The number of anilines is 6. The Balaban J connectivity index is 0.821. The molecule has 6 heteroatoms. The van der Waals surface area contributed by atoms with Crippen molar-refractivity contribution < 1.29 is 13.3 Å². The quantitative estimate of drug-likeness (QED) is 0.128. The van der Waals surface area contributed by atoms with Gasteiger partial charge in [-0.25, -0.2) is 0 Å². The molecule has 4 heterocycles. The lowest BCUT2D eigenvalue weighted by atomic mass is 9.99. The molecule has 3 aromatic heterocycles. The van der Waals surface area contributed by atoms with Crippen LogP contribution in [0.5, 0.6) is 0 Å². The second-order valence-electron chi connectivity index (χ2n) is 23.5. The summed E-state index contributed by atoms with van der Waals surface area (Å²) in [7, 11) is -3.39. The molecule has 0 radical (unpaired) electrons. The first-order chi connectivity index (χ1) is 44.6. The second kappa shape index (κ2) is 20.7. The van der Waals surface area contributed by atoms with Crippen molar-refractivity contribution in [1.82, 2.24) is 0 Å². The van der Waals surface area contributed by atoms with Crippen molar-refractivity contribution in [2.45, 2.75) is 0 Å². The summed E-state index contributed by atoms with van der Waals surface area (Å²) in [6, 6.07) is 119. The van der Waals surface area contributed by atoms with Gasteiger partial charge in [0.25, 0.3) is 0 Å². The number of para-hydroxylation sites is 4. The van der Waals surface area contributed by atoms with Gasteiger partial charge in [-0.15, -0.1) is 0 Å². The molecule has 0 unspecified atom stereocenters. The van der Waals surface area contributed by atoms with Crippen LogP contribution in [0.15, 0.2) is 341 Å². The third-order valence-corrected chi connectivity index (χ3v) is 23.4. The second-order valence-corrected chi connectivity index (χ2v) is 27.3. The molecule has 0 amide bonds. The lowest BCUT2D eigenvalue weighted by Gasteiger charge is -2.45. The van der Waals surface area contributed by atoms with Crippen LogP contribution in [0.25, 0.3) is 110 Å². The number of rotatable bonds is 10. The van der Waals surface area contributed by atoms with Crippen LogP contribution >= 0.6 is 0 Å². The monoisotopic (exact) mass is 1170 g/mol. The van der Waals surface area contributed by atoms with Crippen LogP contribution in [0.2, 0.25) is 0 Å². The first-order valence-electron chi connectivity index (χ1n) is 30.7. The van der Waals surface area contributed by atoms with Crippen LogP contribution in [0.3, 0.4) is 0 Å². The first-order valence-corrected chi connectivity index (χ1v) is 32.7. The van der Waals surface area contributed by atoms with Gasteiger partial charge >= 0.3 is 0 Å². The number of nitrogens with zero attached hydrogens (tertiary/aromatic N) is 2. The van der Waals surface area contributed by atoms with E-state index in [-0.39, 0.29) is 0 Å². The summed E-state index contributed by atoms with van der Waals surface area (Å²) in [6.07, 6.45) is 0.